The third-order valence-electron chi connectivity index (χ3n) is 4.07. The van der Waals surface area contributed by atoms with E-state index in [0.29, 0.717) is 17.3 Å². The van der Waals surface area contributed by atoms with Crippen LogP contribution in [0.15, 0.2) is 23.1 Å². The lowest BCUT2D eigenvalue weighted by Crippen LogP contribution is -2.31. The van der Waals surface area contributed by atoms with Gasteiger partial charge in [-0.2, -0.15) is 5.10 Å². The van der Waals surface area contributed by atoms with Crippen molar-refractivity contribution in [3.63, 3.8) is 0 Å². The Morgan fingerprint density at radius 2 is 2.23 bits per heavy atom. The fourth-order valence-electron chi connectivity index (χ4n) is 3.04. The Morgan fingerprint density at radius 3 is 2.82 bits per heavy atom. The van der Waals surface area contributed by atoms with Crippen LogP contribution in [-0.4, -0.2) is 32.1 Å². The monoisotopic (exact) mass is 320 g/mol. The summed E-state index contributed by atoms with van der Waals surface area (Å²) in [5.41, 5.74) is 2.02. The number of amides is 1. The highest BCUT2D eigenvalue weighted by Gasteiger charge is 2.34. The van der Waals surface area contributed by atoms with Crippen LogP contribution in [0.5, 0.6) is 0 Å². The first kappa shape index (κ1) is 14.8. The number of pyridine rings is 1. The number of hydrogen-bond acceptors (Lipinski definition) is 3. The van der Waals surface area contributed by atoms with Crippen molar-refractivity contribution in [3.05, 3.63) is 50.7 Å². The molecular formula is C15H17ClN4O2. The van der Waals surface area contributed by atoms with E-state index in [4.69, 9.17) is 11.6 Å². The maximum atomic E-state index is 12.7. The summed E-state index contributed by atoms with van der Waals surface area (Å²) in [5, 5.41) is 4.91. The molecule has 0 saturated carbocycles. The first-order valence-corrected chi connectivity index (χ1v) is 7.55. The lowest BCUT2D eigenvalue weighted by molar-refractivity contribution is 0.0735. The summed E-state index contributed by atoms with van der Waals surface area (Å²) in [4.78, 5) is 28.2. The van der Waals surface area contributed by atoms with Gasteiger partial charge in [0.25, 0.3) is 5.91 Å². The van der Waals surface area contributed by atoms with Crippen molar-refractivity contribution in [2.45, 2.75) is 25.8 Å². The van der Waals surface area contributed by atoms with Gasteiger partial charge in [0.05, 0.1) is 17.3 Å². The maximum Gasteiger partial charge on any atom is 0.255 e. The minimum absolute atomic E-state index is 0.0689. The molecule has 3 heterocycles. The largest absolute Gasteiger partial charge is 0.331 e. The second-order valence-electron chi connectivity index (χ2n) is 5.51. The minimum Gasteiger partial charge on any atom is -0.331 e. The van der Waals surface area contributed by atoms with E-state index in [1.54, 1.807) is 17.8 Å². The zero-order valence-electron chi connectivity index (χ0n) is 12.5. The Kier molecular flexibility index (Phi) is 3.78. The Morgan fingerprint density at radius 1 is 1.45 bits per heavy atom. The van der Waals surface area contributed by atoms with Gasteiger partial charge in [0.2, 0.25) is 5.56 Å². The summed E-state index contributed by atoms with van der Waals surface area (Å²) >= 11 is 6.35. The molecule has 7 heteroatoms. The van der Waals surface area contributed by atoms with E-state index in [1.807, 2.05) is 11.8 Å². The van der Waals surface area contributed by atoms with Crippen LogP contribution in [0.4, 0.5) is 0 Å². The molecule has 116 valence electrons. The van der Waals surface area contributed by atoms with Crippen molar-refractivity contribution in [1.82, 2.24) is 19.7 Å². The summed E-state index contributed by atoms with van der Waals surface area (Å²) in [6.07, 6.45) is 3.24. The topological polar surface area (TPSA) is 71.0 Å². The van der Waals surface area contributed by atoms with Crippen LogP contribution in [0, 0.1) is 6.92 Å². The molecule has 6 nitrogen and oxygen atoms in total. The Balaban J connectivity index is 1.94. The summed E-state index contributed by atoms with van der Waals surface area (Å²) < 4.78 is 1.63. The molecule has 1 saturated heterocycles. The minimum atomic E-state index is -0.222. The molecule has 3 rings (SSSR count). The van der Waals surface area contributed by atoms with Crippen molar-refractivity contribution < 1.29 is 4.79 Å². The molecule has 22 heavy (non-hydrogen) atoms. The average molecular weight is 321 g/mol. The van der Waals surface area contributed by atoms with Gasteiger partial charge in [-0.1, -0.05) is 11.6 Å². The van der Waals surface area contributed by atoms with E-state index in [0.717, 1.165) is 24.1 Å². The molecule has 1 fully saturated rings. The number of halogens is 1. The molecule has 0 radical (unpaired) electrons. The molecule has 0 aromatic carbocycles. The summed E-state index contributed by atoms with van der Waals surface area (Å²) in [6, 6.07) is 2.84. The maximum absolute atomic E-state index is 12.7. The molecule has 0 spiro atoms. The first-order chi connectivity index (χ1) is 10.5. The van der Waals surface area contributed by atoms with Crippen molar-refractivity contribution in [2.75, 3.05) is 6.54 Å². The highest BCUT2D eigenvalue weighted by molar-refractivity contribution is 6.30. The number of carbonyl (C=O) groups is 1. The molecule has 0 aliphatic carbocycles. The number of aryl methyl sites for hydroxylation is 2. The SMILES string of the molecule is Cc1nn(C)c(Cl)c1C1CCCN1C(=O)c1ccc(=O)[nH]c1. The van der Waals surface area contributed by atoms with E-state index in [2.05, 4.69) is 10.1 Å². The second-order valence-corrected chi connectivity index (χ2v) is 5.87. The number of hydrogen-bond donors (Lipinski definition) is 1. The summed E-state index contributed by atoms with van der Waals surface area (Å²) in [6.45, 7) is 2.58. The number of aromatic nitrogens is 3. The lowest BCUT2D eigenvalue weighted by Gasteiger charge is -2.25. The van der Waals surface area contributed by atoms with Gasteiger partial charge in [-0.15, -0.1) is 0 Å². The molecule has 2 aromatic heterocycles. The zero-order valence-corrected chi connectivity index (χ0v) is 13.2. The Bertz CT molecular complexity index is 760. The average Bonchev–Trinajstić information content (AvgIpc) is 3.04. The van der Waals surface area contributed by atoms with Crippen molar-refractivity contribution in [3.8, 4) is 0 Å². The Labute approximate surface area is 132 Å². The van der Waals surface area contributed by atoms with E-state index in [9.17, 15) is 9.59 Å². The Hall–Kier alpha value is -2.08. The number of carbonyl (C=O) groups excluding carboxylic acids is 1. The molecule has 1 unspecified atom stereocenters. The highest BCUT2D eigenvalue weighted by Crippen LogP contribution is 2.38. The molecule has 1 N–H and O–H groups in total. The number of nitrogens with one attached hydrogen (secondary N) is 1. The number of nitrogens with zero attached hydrogens (tertiary/aromatic N) is 3. The van der Waals surface area contributed by atoms with E-state index >= 15 is 0 Å². The van der Waals surface area contributed by atoms with Gasteiger partial charge >= 0.3 is 0 Å². The van der Waals surface area contributed by atoms with Crippen LogP contribution in [0.2, 0.25) is 5.15 Å². The van der Waals surface area contributed by atoms with Crippen molar-refractivity contribution in [2.24, 2.45) is 7.05 Å². The predicted octanol–water partition coefficient (Wildman–Crippen LogP) is 2.05. The number of H-pyrrole nitrogens is 1. The van der Waals surface area contributed by atoms with Crippen LogP contribution in [-0.2, 0) is 7.05 Å². The predicted molar refractivity (Wildman–Crippen MR) is 83.0 cm³/mol. The van der Waals surface area contributed by atoms with Gasteiger partial charge in [-0.25, -0.2) is 0 Å². The van der Waals surface area contributed by atoms with Crippen LogP contribution >= 0.6 is 11.6 Å². The first-order valence-electron chi connectivity index (χ1n) is 7.17. The standard InChI is InChI=1S/C15H17ClN4O2/c1-9-13(14(16)19(2)18-9)11-4-3-7-20(11)15(22)10-5-6-12(21)17-8-10/h5-6,8,11H,3-4,7H2,1-2H3,(H,17,21). The molecule has 1 aliphatic heterocycles. The van der Waals surface area contributed by atoms with Gasteiger partial charge in [0, 0.05) is 31.4 Å². The van der Waals surface area contributed by atoms with Crippen LogP contribution in [0.3, 0.4) is 0 Å². The zero-order chi connectivity index (χ0) is 15.9. The molecular weight excluding hydrogens is 304 g/mol. The quantitative estimate of drug-likeness (QED) is 0.920. The van der Waals surface area contributed by atoms with Gasteiger partial charge in [-0.3, -0.25) is 14.3 Å². The van der Waals surface area contributed by atoms with E-state index in [1.165, 1.54) is 12.3 Å². The number of likely N-dealkylation sites (tertiary alicyclic amines) is 1. The van der Waals surface area contributed by atoms with Crippen LogP contribution in [0.25, 0.3) is 0 Å². The molecule has 0 bridgehead atoms. The fourth-order valence-corrected chi connectivity index (χ4v) is 3.34. The molecule has 1 amide bonds. The van der Waals surface area contributed by atoms with Gasteiger partial charge < -0.3 is 9.88 Å². The van der Waals surface area contributed by atoms with Crippen LogP contribution in [0.1, 0.15) is 40.5 Å². The van der Waals surface area contributed by atoms with Crippen molar-refractivity contribution >= 4 is 17.5 Å². The summed E-state index contributed by atoms with van der Waals surface area (Å²) in [5.74, 6) is -0.0990. The fraction of sp³-hybridized carbons (Fsp3) is 0.400. The third-order valence-corrected chi connectivity index (χ3v) is 4.52. The van der Waals surface area contributed by atoms with Gasteiger partial charge in [0.15, 0.2) is 0 Å². The highest BCUT2D eigenvalue weighted by atomic mass is 35.5. The number of rotatable bonds is 2. The third kappa shape index (κ3) is 2.43. The van der Waals surface area contributed by atoms with Gasteiger partial charge in [-0.05, 0) is 25.8 Å². The summed E-state index contributed by atoms with van der Waals surface area (Å²) in [7, 11) is 1.79. The second kappa shape index (κ2) is 5.61. The number of aromatic amines is 1. The van der Waals surface area contributed by atoms with Gasteiger partial charge in [0.1, 0.15) is 5.15 Å². The molecule has 1 atom stereocenters. The molecule has 1 aliphatic rings. The van der Waals surface area contributed by atoms with E-state index in [-0.39, 0.29) is 17.5 Å². The van der Waals surface area contributed by atoms with Crippen molar-refractivity contribution in [1.29, 1.82) is 0 Å². The van der Waals surface area contributed by atoms with E-state index < -0.39 is 0 Å². The normalized spacial score (nSPS) is 18.0. The van der Waals surface area contributed by atoms with Crippen LogP contribution < -0.4 is 5.56 Å². The lowest BCUT2D eigenvalue weighted by atomic mass is 10.1. The molecule has 2 aromatic rings. The smallest absolute Gasteiger partial charge is 0.255 e.